The number of rotatable bonds is 1. The molecule has 5 nitrogen and oxygen atoms in total. The number of carbonyl (C=O) groups excluding carboxylic acids is 1. The molecule has 2 aliphatic rings. The van der Waals surface area contributed by atoms with Gasteiger partial charge in [-0.3, -0.25) is 4.79 Å². The zero-order valence-corrected chi connectivity index (χ0v) is 14.2. The van der Waals surface area contributed by atoms with E-state index in [-0.39, 0.29) is 5.78 Å². The summed E-state index contributed by atoms with van der Waals surface area (Å²) in [6.07, 6.45) is 5.45. The van der Waals surface area contributed by atoms with Crippen molar-refractivity contribution in [3.05, 3.63) is 46.7 Å². The van der Waals surface area contributed by atoms with Crippen LogP contribution in [0.3, 0.4) is 0 Å². The number of anilines is 1. The molecule has 124 valence electrons. The van der Waals surface area contributed by atoms with Gasteiger partial charge in [0.25, 0.3) is 0 Å². The van der Waals surface area contributed by atoms with Gasteiger partial charge < -0.3 is 9.64 Å². The van der Waals surface area contributed by atoms with E-state index in [1.807, 2.05) is 19.1 Å². The number of carbonyl (C=O) groups is 1. The van der Waals surface area contributed by atoms with Crippen molar-refractivity contribution < 1.29 is 9.53 Å². The van der Waals surface area contributed by atoms with Gasteiger partial charge in [0.05, 0.1) is 12.0 Å². The van der Waals surface area contributed by atoms with Crippen molar-refractivity contribution in [3.63, 3.8) is 0 Å². The third-order valence-electron chi connectivity index (χ3n) is 4.88. The molecule has 0 amide bonds. The molecule has 0 N–H and O–H groups in total. The van der Waals surface area contributed by atoms with Crippen LogP contribution in [0.4, 0.5) is 5.95 Å². The fourth-order valence-electron chi connectivity index (χ4n) is 3.46. The van der Waals surface area contributed by atoms with E-state index in [0.717, 1.165) is 37.4 Å². The van der Waals surface area contributed by atoms with Gasteiger partial charge in [0.15, 0.2) is 5.78 Å². The topological polar surface area (TPSA) is 55.3 Å². The second kappa shape index (κ2) is 5.74. The molecule has 24 heavy (non-hydrogen) atoms. The van der Waals surface area contributed by atoms with Crippen molar-refractivity contribution in [1.82, 2.24) is 9.97 Å². The van der Waals surface area contributed by atoms with Crippen molar-refractivity contribution in [3.8, 4) is 5.75 Å². The van der Waals surface area contributed by atoms with Crippen LogP contribution in [-0.2, 0) is 0 Å². The lowest BCUT2D eigenvalue weighted by atomic mass is 9.82. The Kier molecular flexibility index (Phi) is 3.68. The van der Waals surface area contributed by atoms with E-state index in [1.165, 1.54) is 0 Å². The molecule has 1 saturated heterocycles. The summed E-state index contributed by atoms with van der Waals surface area (Å²) in [7, 11) is 0. The molecule has 0 unspecified atom stereocenters. The smallest absolute Gasteiger partial charge is 0.225 e. The lowest BCUT2D eigenvalue weighted by Gasteiger charge is -2.44. The number of halogens is 1. The van der Waals surface area contributed by atoms with Crippen molar-refractivity contribution in [2.45, 2.75) is 31.8 Å². The molecule has 0 bridgehead atoms. The predicted molar refractivity (Wildman–Crippen MR) is 92.0 cm³/mol. The molecule has 1 aromatic heterocycles. The Morgan fingerprint density at radius 2 is 1.92 bits per heavy atom. The van der Waals surface area contributed by atoms with Crippen molar-refractivity contribution in [2.75, 3.05) is 18.0 Å². The Balaban J connectivity index is 1.56. The van der Waals surface area contributed by atoms with Gasteiger partial charge in [-0.2, -0.15) is 0 Å². The number of hydrogen-bond donors (Lipinski definition) is 0. The molecule has 1 spiro atoms. The number of hydrogen-bond acceptors (Lipinski definition) is 5. The predicted octanol–water partition coefficient (Wildman–Crippen LogP) is 3.44. The van der Waals surface area contributed by atoms with Crippen LogP contribution in [0.25, 0.3) is 0 Å². The maximum Gasteiger partial charge on any atom is 0.225 e. The van der Waals surface area contributed by atoms with Crippen LogP contribution in [0.1, 0.15) is 35.2 Å². The third kappa shape index (κ3) is 2.63. The lowest BCUT2D eigenvalue weighted by Crippen LogP contribution is -2.51. The molecule has 1 aromatic carbocycles. The monoisotopic (exact) mass is 343 g/mol. The highest BCUT2D eigenvalue weighted by Gasteiger charge is 2.43. The van der Waals surface area contributed by atoms with Crippen LogP contribution in [0, 0.1) is 6.92 Å². The summed E-state index contributed by atoms with van der Waals surface area (Å²) in [6.45, 7) is 3.48. The van der Waals surface area contributed by atoms with Crippen LogP contribution < -0.4 is 9.64 Å². The van der Waals surface area contributed by atoms with Gasteiger partial charge in [0.2, 0.25) is 5.95 Å². The van der Waals surface area contributed by atoms with E-state index in [1.54, 1.807) is 18.5 Å². The molecule has 2 aromatic rings. The minimum absolute atomic E-state index is 0.113. The largest absolute Gasteiger partial charge is 0.486 e. The summed E-state index contributed by atoms with van der Waals surface area (Å²) >= 11 is 6.15. The zero-order chi connectivity index (χ0) is 16.7. The molecule has 0 radical (unpaired) electrons. The van der Waals surface area contributed by atoms with E-state index in [9.17, 15) is 4.79 Å². The number of benzene rings is 1. The molecular weight excluding hydrogens is 326 g/mol. The van der Waals surface area contributed by atoms with Gasteiger partial charge in [0.1, 0.15) is 11.4 Å². The highest BCUT2D eigenvalue weighted by molar-refractivity contribution is 6.31. The van der Waals surface area contributed by atoms with E-state index in [0.29, 0.717) is 22.8 Å². The molecule has 1 fully saturated rings. The highest BCUT2D eigenvalue weighted by atomic mass is 35.5. The molecule has 0 saturated carbocycles. The standard InChI is InChI=1S/C18H18ClN3O2/c1-12-9-16-13(10-14(12)19)15(23)11-18(24-16)3-7-22(8-4-18)17-20-5-2-6-21-17/h2,5-6,9-10H,3-4,7-8,11H2,1H3. The molecule has 0 atom stereocenters. The molecular formula is C18H18ClN3O2. The number of ether oxygens (including phenoxy) is 1. The van der Waals surface area contributed by atoms with Gasteiger partial charge in [-0.05, 0) is 30.7 Å². The van der Waals surface area contributed by atoms with Crippen LogP contribution in [0.5, 0.6) is 5.75 Å². The van der Waals surface area contributed by atoms with Gasteiger partial charge in [-0.15, -0.1) is 0 Å². The Morgan fingerprint density at radius 3 is 2.62 bits per heavy atom. The van der Waals surface area contributed by atoms with Crippen LogP contribution in [0.15, 0.2) is 30.6 Å². The first-order valence-electron chi connectivity index (χ1n) is 8.11. The average molecular weight is 344 g/mol. The summed E-state index contributed by atoms with van der Waals surface area (Å²) in [6, 6.07) is 5.42. The first kappa shape index (κ1) is 15.4. The van der Waals surface area contributed by atoms with E-state index in [2.05, 4.69) is 14.9 Å². The summed E-state index contributed by atoms with van der Waals surface area (Å²) in [5.74, 6) is 1.51. The summed E-state index contributed by atoms with van der Waals surface area (Å²) in [5, 5.41) is 0.609. The van der Waals surface area contributed by atoms with Crippen LogP contribution in [0.2, 0.25) is 5.02 Å². The van der Waals surface area contributed by atoms with Crippen molar-refractivity contribution in [1.29, 1.82) is 0 Å². The maximum atomic E-state index is 12.6. The lowest BCUT2D eigenvalue weighted by molar-refractivity contribution is 0.0230. The molecule has 6 heteroatoms. The Morgan fingerprint density at radius 1 is 1.21 bits per heavy atom. The minimum Gasteiger partial charge on any atom is -0.486 e. The number of aromatic nitrogens is 2. The van der Waals surface area contributed by atoms with Gasteiger partial charge in [-0.1, -0.05) is 11.6 Å². The van der Waals surface area contributed by atoms with Gasteiger partial charge >= 0.3 is 0 Å². The van der Waals surface area contributed by atoms with Gasteiger partial charge in [0, 0.05) is 43.3 Å². The van der Waals surface area contributed by atoms with E-state index >= 15 is 0 Å². The maximum absolute atomic E-state index is 12.6. The summed E-state index contributed by atoms with van der Waals surface area (Å²) in [5.41, 5.74) is 1.11. The number of Topliss-reactive ketones (excluding diaryl/α,β-unsaturated/α-hetero) is 1. The third-order valence-corrected chi connectivity index (χ3v) is 5.29. The van der Waals surface area contributed by atoms with E-state index in [4.69, 9.17) is 16.3 Å². The number of piperidine rings is 1. The fourth-order valence-corrected chi connectivity index (χ4v) is 3.63. The Bertz CT molecular complexity index is 786. The van der Waals surface area contributed by atoms with Crippen molar-refractivity contribution in [2.24, 2.45) is 0 Å². The normalized spacial score (nSPS) is 19.1. The first-order chi connectivity index (χ1) is 11.6. The number of ketones is 1. The summed E-state index contributed by atoms with van der Waals surface area (Å²) in [4.78, 5) is 23.3. The van der Waals surface area contributed by atoms with Crippen molar-refractivity contribution >= 4 is 23.3 Å². The molecule has 2 aliphatic heterocycles. The molecule has 4 rings (SSSR count). The number of fused-ring (bicyclic) bond motifs is 1. The fraction of sp³-hybridized carbons (Fsp3) is 0.389. The second-order valence-electron chi connectivity index (χ2n) is 6.52. The minimum atomic E-state index is -0.421. The molecule has 0 aliphatic carbocycles. The van der Waals surface area contributed by atoms with E-state index < -0.39 is 5.60 Å². The number of aryl methyl sites for hydroxylation is 1. The van der Waals surface area contributed by atoms with Crippen LogP contribution in [-0.4, -0.2) is 34.4 Å². The molecule has 3 heterocycles. The Hall–Kier alpha value is -2.14. The SMILES string of the molecule is Cc1cc2c(cc1Cl)C(=O)CC1(CCN(c3ncccn3)CC1)O2. The second-order valence-corrected chi connectivity index (χ2v) is 6.93. The highest BCUT2D eigenvalue weighted by Crippen LogP contribution is 2.41. The summed E-state index contributed by atoms with van der Waals surface area (Å²) < 4.78 is 6.30. The average Bonchev–Trinajstić information content (AvgIpc) is 2.58. The zero-order valence-electron chi connectivity index (χ0n) is 13.5. The van der Waals surface area contributed by atoms with Crippen LogP contribution >= 0.6 is 11.6 Å². The number of nitrogens with zero attached hydrogens (tertiary/aromatic N) is 3. The van der Waals surface area contributed by atoms with Gasteiger partial charge in [-0.25, -0.2) is 9.97 Å². The Labute approximate surface area is 145 Å². The quantitative estimate of drug-likeness (QED) is 0.793. The first-order valence-corrected chi connectivity index (χ1v) is 8.48.